The van der Waals surface area contributed by atoms with Crippen molar-refractivity contribution in [2.45, 2.75) is 20.0 Å². The molecule has 0 atom stereocenters. The Labute approximate surface area is 196 Å². The Morgan fingerprint density at radius 3 is 2.33 bits per heavy atom. The number of para-hydroxylation sites is 1. The van der Waals surface area contributed by atoms with Gasteiger partial charge in [-0.05, 0) is 37.6 Å². The van der Waals surface area contributed by atoms with Gasteiger partial charge in [0.05, 0.1) is 39.3 Å². The van der Waals surface area contributed by atoms with Crippen molar-refractivity contribution in [2.75, 3.05) is 26.6 Å². The minimum atomic E-state index is -0.00470. The number of aromatic nitrogens is 4. The SMILES string of the molecule is COc1cc(-n2cnc(Nc3nc(Cl)nc4c(OC(C)C)cccc34)c2)cc(OC)c1OC. The molecule has 9 nitrogen and oxygen atoms in total. The zero-order chi connectivity index (χ0) is 23.5. The van der Waals surface area contributed by atoms with Crippen LogP contribution in [0.4, 0.5) is 11.6 Å². The van der Waals surface area contributed by atoms with Gasteiger partial charge in [0.1, 0.15) is 29.2 Å². The maximum atomic E-state index is 6.21. The molecular weight excluding hydrogens is 446 g/mol. The lowest BCUT2D eigenvalue weighted by atomic mass is 10.2. The van der Waals surface area contributed by atoms with E-state index in [1.54, 1.807) is 27.7 Å². The maximum Gasteiger partial charge on any atom is 0.225 e. The van der Waals surface area contributed by atoms with Crippen LogP contribution in [0.15, 0.2) is 42.9 Å². The molecule has 2 aromatic heterocycles. The molecule has 0 saturated carbocycles. The first-order valence-corrected chi connectivity index (χ1v) is 10.6. The Hall–Kier alpha value is -3.72. The number of rotatable bonds is 8. The van der Waals surface area contributed by atoms with E-state index in [-0.39, 0.29) is 11.4 Å². The van der Waals surface area contributed by atoms with Gasteiger partial charge in [-0.3, -0.25) is 0 Å². The van der Waals surface area contributed by atoms with Gasteiger partial charge < -0.3 is 28.8 Å². The third-order valence-corrected chi connectivity index (χ3v) is 4.97. The van der Waals surface area contributed by atoms with Crippen molar-refractivity contribution in [3.63, 3.8) is 0 Å². The van der Waals surface area contributed by atoms with E-state index in [0.29, 0.717) is 40.2 Å². The molecule has 2 heterocycles. The first kappa shape index (κ1) is 22.5. The Balaban J connectivity index is 1.70. The summed E-state index contributed by atoms with van der Waals surface area (Å²) in [6, 6.07) is 9.31. The first-order chi connectivity index (χ1) is 15.9. The van der Waals surface area contributed by atoms with E-state index in [9.17, 15) is 0 Å². The maximum absolute atomic E-state index is 6.21. The molecule has 2 aromatic carbocycles. The average molecular weight is 470 g/mol. The molecule has 0 aliphatic rings. The molecule has 0 aliphatic carbocycles. The van der Waals surface area contributed by atoms with Crippen LogP contribution >= 0.6 is 11.6 Å². The number of benzene rings is 2. The standard InChI is InChI=1S/C23H24ClN5O4/c1-13(2)33-16-8-6-7-15-20(16)27-23(24)28-22(15)26-19-11-29(12-25-19)14-9-17(30-3)21(32-5)18(10-14)31-4/h6-13H,1-5H3,(H,26,27,28). The number of halogens is 1. The number of imidazole rings is 1. The summed E-state index contributed by atoms with van der Waals surface area (Å²) in [4.78, 5) is 13.2. The zero-order valence-electron chi connectivity index (χ0n) is 18.9. The van der Waals surface area contributed by atoms with Crippen LogP contribution in [0.25, 0.3) is 16.6 Å². The lowest BCUT2D eigenvalue weighted by Gasteiger charge is -2.14. The van der Waals surface area contributed by atoms with E-state index in [2.05, 4.69) is 20.3 Å². The van der Waals surface area contributed by atoms with Crippen LogP contribution in [0.3, 0.4) is 0 Å². The van der Waals surface area contributed by atoms with Crippen molar-refractivity contribution in [3.8, 4) is 28.7 Å². The molecule has 4 aromatic rings. The molecule has 0 spiro atoms. The molecule has 0 fully saturated rings. The largest absolute Gasteiger partial charge is 0.493 e. The van der Waals surface area contributed by atoms with E-state index in [1.807, 2.05) is 54.9 Å². The molecule has 0 saturated heterocycles. The summed E-state index contributed by atoms with van der Waals surface area (Å²) in [6.07, 6.45) is 3.48. The topological polar surface area (TPSA) is 92.6 Å². The number of nitrogens with zero attached hydrogens (tertiary/aromatic N) is 4. The third kappa shape index (κ3) is 4.58. The quantitative estimate of drug-likeness (QED) is 0.359. The molecule has 4 rings (SSSR count). The van der Waals surface area contributed by atoms with Crippen LogP contribution in [-0.2, 0) is 0 Å². The monoisotopic (exact) mass is 469 g/mol. The van der Waals surface area contributed by atoms with Crippen LogP contribution < -0.4 is 24.3 Å². The third-order valence-electron chi connectivity index (χ3n) is 4.80. The molecule has 0 radical (unpaired) electrons. The van der Waals surface area contributed by atoms with Gasteiger partial charge in [-0.2, -0.15) is 4.98 Å². The highest BCUT2D eigenvalue weighted by Gasteiger charge is 2.16. The van der Waals surface area contributed by atoms with Crippen LogP contribution in [0.1, 0.15) is 13.8 Å². The molecule has 172 valence electrons. The number of nitrogens with one attached hydrogen (secondary N) is 1. The summed E-state index contributed by atoms with van der Waals surface area (Å²) >= 11 is 6.21. The van der Waals surface area contributed by atoms with E-state index in [0.717, 1.165) is 11.1 Å². The van der Waals surface area contributed by atoms with Crippen molar-refractivity contribution in [3.05, 3.63) is 48.1 Å². The summed E-state index contributed by atoms with van der Waals surface area (Å²) < 4.78 is 24.0. The van der Waals surface area contributed by atoms with Crippen molar-refractivity contribution in [1.82, 2.24) is 19.5 Å². The highest BCUT2D eigenvalue weighted by Crippen LogP contribution is 2.39. The Kier molecular flexibility index (Phi) is 6.41. The summed E-state index contributed by atoms with van der Waals surface area (Å²) in [7, 11) is 4.71. The van der Waals surface area contributed by atoms with Gasteiger partial charge in [0.2, 0.25) is 11.0 Å². The van der Waals surface area contributed by atoms with Crippen molar-refractivity contribution < 1.29 is 18.9 Å². The van der Waals surface area contributed by atoms with E-state index in [1.165, 1.54) is 0 Å². The Morgan fingerprint density at radius 1 is 0.970 bits per heavy atom. The van der Waals surface area contributed by atoms with Gasteiger partial charge in [-0.1, -0.05) is 6.07 Å². The van der Waals surface area contributed by atoms with Gasteiger partial charge in [0.25, 0.3) is 0 Å². The molecule has 0 bridgehead atoms. The lowest BCUT2D eigenvalue weighted by Crippen LogP contribution is -2.07. The number of methoxy groups -OCH3 is 3. The number of ether oxygens (including phenoxy) is 4. The molecule has 1 N–H and O–H groups in total. The number of hydrogen-bond donors (Lipinski definition) is 1. The summed E-state index contributed by atoms with van der Waals surface area (Å²) in [5.74, 6) is 3.33. The van der Waals surface area contributed by atoms with Crippen molar-refractivity contribution in [2.24, 2.45) is 0 Å². The summed E-state index contributed by atoms with van der Waals surface area (Å²) in [6.45, 7) is 3.91. The predicted octanol–water partition coefficient (Wildman–Crippen LogP) is 5.03. The Morgan fingerprint density at radius 2 is 1.70 bits per heavy atom. The minimum Gasteiger partial charge on any atom is -0.493 e. The average Bonchev–Trinajstić information content (AvgIpc) is 3.26. The second-order valence-electron chi connectivity index (χ2n) is 7.33. The summed E-state index contributed by atoms with van der Waals surface area (Å²) in [5, 5.41) is 4.10. The van der Waals surface area contributed by atoms with Crippen molar-refractivity contribution >= 4 is 34.1 Å². The number of fused-ring (bicyclic) bond motifs is 1. The molecule has 10 heteroatoms. The van der Waals surface area contributed by atoms with Crippen molar-refractivity contribution in [1.29, 1.82) is 0 Å². The second kappa shape index (κ2) is 9.41. The molecular formula is C23H24ClN5O4. The predicted molar refractivity (Wildman–Crippen MR) is 127 cm³/mol. The fourth-order valence-electron chi connectivity index (χ4n) is 3.41. The molecule has 0 aliphatic heterocycles. The highest BCUT2D eigenvalue weighted by molar-refractivity contribution is 6.29. The van der Waals surface area contributed by atoms with Gasteiger partial charge in [-0.25, -0.2) is 9.97 Å². The van der Waals surface area contributed by atoms with Gasteiger partial charge in [0.15, 0.2) is 11.5 Å². The fourth-order valence-corrected chi connectivity index (χ4v) is 3.58. The fraction of sp³-hybridized carbons (Fsp3) is 0.261. The Bertz CT molecular complexity index is 1270. The van der Waals surface area contributed by atoms with Gasteiger partial charge >= 0.3 is 0 Å². The van der Waals surface area contributed by atoms with Crippen LogP contribution in [0.5, 0.6) is 23.0 Å². The highest BCUT2D eigenvalue weighted by atomic mass is 35.5. The van der Waals surface area contributed by atoms with E-state index < -0.39 is 0 Å². The van der Waals surface area contributed by atoms with Crippen LogP contribution in [-0.4, -0.2) is 47.0 Å². The second-order valence-corrected chi connectivity index (χ2v) is 7.67. The molecule has 0 unspecified atom stereocenters. The zero-order valence-corrected chi connectivity index (χ0v) is 19.7. The van der Waals surface area contributed by atoms with E-state index >= 15 is 0 Å². The molecule has 0 amide bonds. The lowest BCUT2D eigenvalue weighted by molar-refractivity contribution is 0.245. The number of anilines is 2. The van der Waals surface area contributed by atoms with E-state index in [4.69, 9.17) is 30.5 Å². The van der Waals surface area contributed by atoms with Crippen LogP contribution in [0.2, 0.25) is 5.28 Å². The van der Waals surface area contributed by atoms with Crippen LogP contribution in [0, 0.1) is 0 Å². The first-order valence-electron chi connectivity index (χ1n) is 10.2. The van der Waals surface area contributed by atoms with Gasteiger partial charge in [0, 0.05) is 17.5 Å². The number of hydrogen-bond acceptors (Lipinski definition) is 8. The van der Waals surface area contributed by atoms with Gasteiger partial charge in [-0.15, -0.1) is 0 Å². The molecule has 33 heavy (non-hydrogen) atoms. The smallest absolute Gasteiger partial charge is 0.225 e. The normalized spacial score (nSPS) is 11.0. The minimum absolute atomic E-state index is 0.00470. The summed E-state index contributed by atoms with van der Waals surface area (Å²) in [5.41, 5.74) is 1.40.